The predicted octanol–water partition coefficient (Wildman–Crippen LogP) is -0.250. The van der Waals surface area contributed by atoms with E-state index in [1.54, 1.807) is 13.8 Å². The molecule has 0 fully saturated rings. The van der Waals surface area contributed by atoms with E-state index in [0.29, 0.717) is 0 Å². The van der Waals surface area contributed by atoms with Gasteiger partial charge in [-0.2, -0.15) is 0 Å². The maximum absolute atomic E-state index is 8.38. The quantitative estimate of drug-likeness (QED) is 0.669. The molecule has 0 aromatic carbocycles. The predicted molar refractivity (Wildman–Crippen MR) is 63.4 cm³/mol. The van der Waals surface area contributed by atoms with Crippen LogP contribution in [0.25, 0.3) is 4.85 Å². The minimum Gasteiger partial charge on any atom is -0.388 e. The normalized spacial score (nSPS) is 5.22. The van der Waals surface area contributed by atoms with E-state index in [2.05, 4.69) is 4.85 Å². The zero-order valence-corrected chi connectivity index (χ0v) is 11.9. The number of hydrogen-bond acceptors (Lipinski definition) is 6. The third-order valence-corrected chi connectivity index (χ3v) is 0.690. The van der Waals surface area contributed by atoms with E-state index in [0.717, 1.165) is 0 Å². The van der Waals surface area contributed by atoms with Crippen LogP contribution in [0.1, 0.15) is 13.8 Å². The van der Waals surface area contributed by atoms with Crippen LogP contribution >= 0.6 is 0 Å². The minimum absolute atomic E-state index is 0. The standard InChI is InChI=1S/C5H9NO.5CH2O.Cr/c1-5(2,4-7)6-3;5*1-2;/h7H,4H2,1-2H3;5*1H2;. The van der Waals surface area contributed by atoms with Crippen molar-refractivity contribution in [2.45, 2.75) is 19.4 Å². The summed E-state index contributed by atoms with van der Waals surface area (Å²) in [6, 6.07) is 0. The first kappa shape index (κ1) is 44.1. The first-order chi connectivity index (χ1) is 8.12. The molecular formula is C10H19CrNO6. The van der Waals surface area contributed by atoms with Crippen LogP contribution in [0.5, 0.6) is 0 Å². The van der Waals surface area contributed by atoms with Gasteiger partial charge in [-0.15, -0.1) is 0 Å². The second-order valence-corrected chi connectivity index (χ2v) is 2.08. The second kappa shape index (κ2) is 78.5. The van der Waals surface area contributed by atoms with Crippen LogP contribution in [0.15, 0.2) is 0 Å². The third-order valence-electron chi connectivity index (χ3n) is 0.690. The monoisotopic (exact) mass is 301 g/mol. The van der Waals surface area contributed by atoms with Gasteiger partial charge in [0.25, 0.3) is 0 Å². The van der Waals surface area contributed by atoms with Gasteiger partial charge in [0, 0.05) is 31.2 Å². The number of carbonyl (C=O) groups is 5. The first-order valence-electron chi connectivity index (χ1n) is 3.56. The van der Waals surface area contributed by atoms with E-state index < -0.39 is 5.54 Å². The van der Waals surface area contributed by atoms with E-state index in [9.17, 15) is 0 Å². The van der Waals surface area contributed by atoms with Gasteiger partial charge < -0.3 is 33.9 Å². The summed E-state index contributed by atoms with van der Waals surface area (Å²) < 4.78 is 0. The Bertz CT molecular complexity index is 151. The number of nitrogens with zero attached hydrogens (tertiary/aromatic N) is 1. The molecule has 1 N–H and O–H groups in total. The molecule has 0 aromatic heterocycles. The van der Waals surface area contributed by atoms with Crippen molar-refractivity contribution >= 4 is 33.9 Å². The van der Waals surface area contributed by atoms with Gasteiger partial charge in [0.2, 0.25) is 5.54 Å². The van der Waals surface area contributed by atoms with E-state index >= 15 is 0 Å². The van der Waals surface area contributed by atoms with Gasteiger partial charge in [-0.1, -0.05) is 0 Å². The summed E-state index contributed by atoms with van der Waals surface area (Å²) in [5.74, 6) is 0. The molecule has 0 aromatic rings. The van der Waals surface area contributed by atoms with Gasteiger partial charge in [0.1, 0.15) is 40.6 Å². The van der Waals surface area contributed by atoms with Crippen molar-refractivity contribution in [3.05, 3.63) is 11.4 Å². The second-order valence-electron chi connectivity index (χ2n) is 2.08. The van der Waals surface area contributed by atoms with Crippen molar-refractivity contribution in [1.29, 1.82) is 0 Å². The van der Waals surface area contributed by atoms with E-state index in [1.165, 1.54) is 0 Å². The zero-order valence-electron chi connectivity index (χ0n) is 10.6. The summed E-state index contributed by atoms with van der Waals surface area (Å²) in [4.78, 5) is 43.1. The van der Waals surface area contributed by atoms with Gasteiger partial charge in [-0.3, -0.25) is 0 Å². The Balaban J connectivity index is -0.0000000189. The molecule has 0 bridgehead atoms. The topological polar surface area (TPSA) is 110 Å². The van der Waals surface area contributed by atoms with Crippen LogP contribution in [0, 0.1) is 6.57 Å². The molecule has 0 saturated carbocycles. The summed E-state index contributed by atoms with van der Waals surface area (Å²) in [5.41, 5.74) is -0.569. The van der Waals surface area contributed by atoms with Crippen LogP contribution in [0.2, 0.25) is 0 Å². The van der Waals surface area contributed by atoms with Crippen LogP contribution in [-0.4, -0.2) is 51.2 Å². The molecule has 0 rings (SSSR count). The number of aliphatic hydroxyl groups is 1. The molecule has 18 heavy (non-hydrogen) atoms. The van der Waals surface area contributed by atoms with Gasteiger partial charge in [-0.25, -0.2) is 6.57 Å². The smallest absolute Gasteiger partial charge is 0.249 e. The number of rotatable bonds is 1. The third kappa shape index (κ3) is 136. The molecule has 0 amide bonds. The largest absolute Gasteiger partial charge is 0.388 e. The molecule has 0 radical (unpaired) electrons. The maximum atomic E-state index is 8.38. The van der Waals surface area contributed by atoms with Crippen molar-refractivity contribution in [2.24, 2.45) is 0 Å². The van der Waals surface area contributed by atoms with E-state index in [1.807, 2.05) is 33.9 Å². The Morgan fingerprint density at radius 1 is 0.889 bits per heavy atom. The van der Waals surface area contributed by atoms with Crippen LogP contribution in [0.4, 0.5) is 0 Å². The fraction of sp³-hybridized carbons (Fsp3) is 0.400. The summed E-state index contributed by atoms with van der Waals surface area (Å²) >= 11 is 0. The molecule has 0 spiro atoms. The van der Waals surface area contributed by atoms with Crippen molar-refractivity contribution in [3.63, 3.8) is 0 Å². The van der Waals surface area contributed by atoms with Crippen LogP contribution in [0.3, 0.4) is 0 Å². The van der Waals surface area contributed by atoms with Gasteiger partial charge in [0.05, 0.1) is 0 Å². The van der Waals surface area contributed by atoms with Crippen LogP contribution < -0.4 is 0 Å². The molecule has 7 nitrogen and oxygen atoms in total. The fourth-order valence-electron chi connectivity index (χ4n) is 0.0354. The fourth-order valence-corrected chi connectivity index (χ4v) is 0.0354. The van der Waals surface area contributed by atoms with Gasteiger partial charge in [-0.05, 0) is 0 Å². The average Bonchev–Trinajstić information content (AvgIpc) is 2.49. The average molecular weight is 301 g/mol. The van der Waals surface area contributed by atoms with E-state index in [-0.39, 0.29) is 24.0 Å². The Hall–Kier alpha value is -1.67. The molecule has 106 valence electrons. The van der Waals surface area contributed by atoms with Crippen LogP contribution in [-0.2, 0) is 41.3 Å². The zero-order chi connectivity index (χ0) is 15.9. The first-order valence-corrected chi connectivity index (χ1v) is 3.56. The number of aliphatic hydroxyl groups excluding tert-OH is 1. The maximum Gasteiger partial charge on any atom is 0.249 e. The van der Waals surface area contributed by atoms with Crippen molar-refractivity contribution < 1.29 is 46.4 Å². The SMILES string of the molecule is C=O.C=O.C=O.C=O.C=O.[C-]#[N+]C(C)(C)CO.[Cr]. The van der Waals surface area contributed by atoms with Crippen molar-refractivity contribution in [2.75, 3.05) is 6.61 Å². The summed E-state index contributed by atoms with van der Waals surface area (Å²) in [5, 5.41) is 8.38. The Labute approximate surface area is 118 Å². The molecule has 0 saturated heterocycles. The van der Waals surface area contributed by atoms with Crippen molar-refractivity contribution in [3.8, 4) is 0 Å². The summed E-state index contributed by atoms with van der Waals surface area (Å²) in [6.45, 7) is 19.8. The summed E-state index contributed by atoms with van der Waals surface area (Å²) in [6.07, 6.45) is 0. The van der Waals surface area contributed by atoms with Gasteiger partial charge >= 0.3 is 0 Å². The molecule has 0 atom stereocenters. The minimum atomic E-state index is -0.569. The number of hydrogen-bond donors (Lipinski definition) is 1. The molecule has 0 aliphatic rings. The Kier molecular flexibility index (Phi) is 192. The van der Waals surface area contributed by atoms with E-state index in [4.69, 9.17) is 35.7 Å². The molecular weight excluding hydrogens is 282 g/mol. The van der Waals surface area contributed by atoms with Crippen molar-refractivity contribution in [1.82, 2.24) is 0 Å². The molecule has 0 unspecified atom stereocenters. The van der Waals surface area contributed by atoms with Gasteiger partial charge in [0.15, 0.2) is 0 Å². The molecule has 0 aliphatic carbocycles. The Morgan fingerprint density at radius 2 is 1.06 bits per heavy atom. The molecule has 0 aliphatic heterocycles. The molecule has 0 heterocycles. The Morgan fingerprint density at radius 3 is 1.06 bits per heavy atom. The number of carbonyl (C=O) groups excluding carboxylic acids is 5. The molecule has 8 heteroatoms. The summed E-state index contributed by atoms with van der Waals surface area (Å²) in [7, 11) is 0.